The van der Waals surface area contributed by atoms with E-state index in [1.165, 1.54) is 19.1 Å². The summed E-state index contributed by atoms with van der Waals surface area (Å²) < 4.78 is 38.9. The number of fused-ring (bicyclic) bond motifs is 1. The highest BCUT2D eigenvalue weighted by Gasteiger charge is 2.32. The lowest BCUT2D eigenvalue weighted by Gasteiger charge is -2.13. The number of aromatic amines is 1. The quantitative estimate of drug-likeness (QED) is 0.751. The van der Waals surface area contributed by atoms with Crippen LogP contribution in [0.1, 0.15) is 16.8 Å². The van der Waals surface area contributed by atoms with E-state index in [1.807, 2.05) is 0 Å². The van der Waals surface area contributed by atoms with Gasteiger partial charge in [0.1, 0.15) is 0 Å². The summed E-state index contributed by atoms with van der Waals surface area (Å²) in [7, 11) is 0. The van der Waals surface area contributed by atoms with E-state index in [0.717, 1.165) is 6.07 Å². The highest BCUT2D eigenvalue weighted by Crippen LogP contribution is 2.33. The molecule has 0 aliphatic heterocycles. The maximum atomic E-state index is 13.0. The Labute approximate surface area is 145 Å². The SMILES string of the molecule is Cc1ccc(NC(=O)Cc2n[nH]c(=O)c3ccccc23)cc1C(F)(F)F. The van der Waals surface area contributed by atoms with E-state index in [1.54, 1.807) is 24.3 Å². The maximum Gasteiger partial charge on any atom is 0.416 e. The van der Waals surface area contributed by atoms with Crippen molar-refractivity contribution in [3.05, 3.63) is 69.6 Å². The second-order valence-corrected chi connectivity index (χ2v) is 5.80. The van der Waals surface area contributed by atoms with Gasteiger partial charge in [-0.05, 0) is 30.7 Å². The van der Waals surface area contributed by atoms with Crippen LogP contribution >= 0.6 is 0 Å². The Morgan fingerprint density at radius 2 is 1.85 bits per heavy atom. The van der Waals surface area contributed by atoms with Gasteiger partial charge in [-0.1, -0.05) is 24.3 Å². The number of carbonyl (C=O) groups excluding carboxylic acids is 1. The summed E-state index contributed by atoms with van der Waals surface area (Å²) in [6.07, 6.45) is -4.69. The summed E-state index contributed by atoms with van der Waals surface area (Å²) in [5.41, 5.74) is -0.729. The number of aromatic nitrogens is 2. The molecule has 0 atom stereocenters. The number of alkyl halides is 3. The van der Waals surface area contributed by atoms with Crippen molar-refractivity contribution in [3.8, 4) is 0 Å². The highest BCUT2D eigenvalue weighted by atomic mass is 19.4. The Hall–Kier alpha value is -3.16. The molecule has 5 nitrogen and oxygen atoms in total. The third kappa shape index (κ3) is 3.58. The van der Waals surface area contributed by atoms with Crippen LogP contribution in [0.15, 0.2) is 47.3 Å². The normalized spacial score (nSPS) is 11.5. The zero-order valence-corrected chi connectivity index (χ0v) is 13.6. The van der Waals surface area contributed by atoms with Gasteiger partial charge in [0, 0.05) is 11.1 Å². The summed E-state index contributed by atoms with van der Waals surface area (Å²) in [5, 5.41) is 9.54. The summed E-state index contributed by atoms with van der Waals surface area (Å²) in [5.74, 6) is -0.535. The molecule has 0 saturated carbocycles. The molecule has 2 aromatic carbocycles. The number of amides is 1. The van der Waals surface area contributed by atoms with Gasteiger partial charge in [-0.15, -0.1) is 0 Å². The molecule has 0 aliphatic carbocycles. The number of nitrogens with zero attached hydrogens (tertiary/aromatic N) is 1. The molecular formula is C18H14F3N3O2. The van der Waals surface area contributed by atoms with E-state index >= 15 is 0 Å². The first-order valence-corrected chi connectivity index (χ1v) is 7.69. The van der Waals surface area contributed by atoms with Crippen molar-refractivity contribution < 1.29 is 18.0 Å². The Balaban J connectivity index is 1.85. The number of rotatable bonds is 3. The molecule has 3 aromatic rings. The number of carbonyl (C=O) groups is 1. The molecule has 1 amide bonds. The fourth-order valence-corrected chi connectivity index (χ4v) is 2.67. The van der Waals surface area contributed by atoms with Gasteiger partial charge < -0.3 is 5.32 Å². The van der Waals surface area contributed by atoms with Crippen LogP contribution in [0.3, 0.4) is 0 Å². The molecule has 0 fully saturated rings. The van der Waals surface area contributed by atoms with Crippen molar-refractivity contribution >= 4 is 22.4 Å². The minimum atomic E-state index is -4.50. The number of anilines is 1. The van der Waals surface area contributed by atoms with Crippen LogP contribution in [-0.4, -0.2) is 16.1 Å². The zero-order chi connectivity index (χ0) is 18.9. The van der Waals surface area contributed by atoms with E-state index in [2.05, 4.69) is 15.5 Å². The van der Waals surface area contributed by atoms with Crippen molar-refractivity contribution in [2.45, 2.75) is 19.5 Å². The van der Waals surface area contributed by atoms with Gasteiger partial charge in [-0.25, -0.2) is 5.10 Å². The maximum absolute atomic E-state index is 13.0. The van der Waals surface area contributed by atoms with Crippen LogP contribution in [0.4, 0.5) is 18.9 Å². The number of hydrogen-bond acceptors (Lipinski definition) is 3. The molecule has 0 aliphatic rings. The van der Waals surface area contributed by atoms with Crippen molar-refractivity contribution in [2.75, 3.05) is 5.32 Å². The van der Waals surface area contributed by atoms with Crippen molar-refractivity contribution in [1.29, 1.82) is 0 Å². The third-order valence-corrected chi connectivity index (χ3v) is 3.93. The second kappa shape index (κ2) is 6.62. The Morgan fingerprint density at radius 1 is 1.15 bits per heavy atom. The molecule has 1 heterocycles. The van der Waals surface area contributed by atoms with E-state index < -0.39 is 17.6 Å². The number of benzene rings is 2. The van der Waals surface area contributed by atoms with E-state index in [-0.39, 0.29) is 23.2 Å². The van der Waals surface area contributed by atoms with Crippen molar-refractivity contribution in [1.82, 2.24) is 10.2 Å². The summed E-state index contributed by atoms with van der Waals surface area (Å²) in [6, 6.07) is 10.3. The standard InChI is InChI=1S/C18H14F3N3O2/c1-10-6-7-11(8-14(10)18(19,20)21)22-16(25)9-15-12-4-2-3-5-13(12)17(26)24-23-15/h2-8H,9H2,1H3,(H,22,25)(H,24,26). The second-order valence-electron chi connectivity index (χ2n) is 5.80. The minimum absolute atomic E-state index is 0.0432. The first-order valence-electron chi connectivity index (χ1n) is 7.69. The molecule has 134 valence electrons. The fourth-order valence-electron chi connectivity index (χ4n) is 2.67. The molecule has 1 aromatic heterocycles. The minimum Gasteiger partial charge on any atom is -0.326 e. The predicted molar refractivity (Wildman–Crippen MR) is 90.9 cm³/mol. The largest absolute Gasteiger partial charge is 0.416 e. The molecule has 0 saturated heterocycles. The van der Waals surface area contributed by atoms with Crippen LogP contribution < -0.4 is 10.9 Å². The summed E-state index contributed by atoms with van der Waals surface area (Å²) in [4.78, 5) is 24.0. The monoisotopic (exact) mass is 361 g/mol. The topological polar surface area (TPSA) is 74.8 Å². The van der Waals surface area contributed by atoms with Crippen LogP contribution in [-0.2, 0) is 17.4 Å². The lowest BCUT2D eigenvalue weighted by molar-refractivity contribution is -0.138. The average Bonchev–Trinajstić information content (AvgIpc) is 2.58. The Morgan fingerprint density at radius 3 is 2.54 bits per heavy atom. The first kappa shape index (κ1) is 17.7. The molecule has 26 heavy (non-hydrogen) atoms. The van der Waals surface area contributed by atoms with E-state index in [4.69, 9.17) is 0 Å². The molecule has 8 heteroatoms. The number of aryl methyl sites for hydroxylation is 1. The van der Waals surface area contributed by atoms with Crippen molar-refractivity contribution in [2.24, 2.45) is 0 Å². The molecule has 2 N–H and O–H groups in total. The van der Waals surface area contributed by atoms with Gasteiger partial charge >= 0.3 is 6.18 Å². The Kier molecular flexibility index (Phi) is 4.50. The number of hydrogen-bond donors (Lipinski definition) is 2. The lowest BCUT2D eigenvalue weighted by atomic mass is 10.1. The molecule has 0 bridgehead atoms. The van der Waals surface area contributed by atoms with Crippen LogP contribution in [0.2, 0.25) is 0 Å². The first-order chi connectivity index (χ1) is 12.3. The molecule has 0 radical (unpaired) electrons. The van der Waals surface area contributed by atoms with E-state index in [0.29, 0.717) is 16.5 Å². The smallest absolute Gasteiger partial charge is 0.326 e. The highest BCUT2D eigenvalue weighted by molar-refractivity contribution is 5.95. The average molecular weight is 361 g/mol. The summed E-state index contributed by atoms with van der Waals surface area (Å²) in [6.45, 7) is 1.35. The molecule has 3 rings (SSSR count). The fraction of sp³-hybridized carbons (Fsp3) is 0.167. The van der Waals surface area contributed by atoms with Gasteiger partial charge in [0.05, 0.1) is 23.1 Å². The number of nitrogens with one attached hydrogen (secondary N) is 2. The van der Waals surface area contributed by atoms with Crippen LogP contribution in [0, 0.1) is 6.92 Å². The van der Waals surface area contributed by atoms with Crippen LogP contribution in [0.25, 0.3) is 10.8 Å². The third-order valence-electron chi connectivity index (χ3n) is 3.93. The van der Waals surface area contributed by atoms with Gasteiger partial charge in [0.15, 0.2) is 0 Å². The lowest BCUT2D eigenvalue weighted by Crippen LogP contribution is -2.19. The van der Waals surface area contributed by atoms with Gasteiger partial charge in [-0.3, -0.25) is 9.59 Å². The molecule has 0 spiro atoms. The molecule has 0 unspecified atom stereocenters. The Bertz CT molecular complexity index is 1040. The van der Waals surface area contributed by atoms with Gasteiger partial charge in [0.2, 0.25) is 5.91 Å². The zero-order valence-electron chi connectivity index (χ0n) is 13.6. The van der Waals surface area contributed by atoms with Gasteiger partial charge in [0.25, 0.3) is 5.56 Å². The molecular weight excluding hydrogens is 347 g/mol. The number of H-pyrrole nitrogens is 1. The van der Waals surface area contributed by atoms with Crippen molar-refractivity contribution in [3.63, 3.8) is 0 Å². The predicted octanol–water partition coefficient (Wildman–Crippen LogP) is 3.43. The van der Waals surface area contributed by atoms with Crippen LogP contribution in [0.5, 0.6) is 0 Å². The van der Waals surface area contributed by atoms with E-state index in [9.17, 15) is 22.8 Å². The number of halogens is 3. The summed E-state index contributed by atoms with van der Waals surface area (Å²) >= 11 is 0. The van der Waals surface area contributed by atoms with Gasteiger partial charge in [-0.2, -0.15) is 18.3 Å².